The van der Waals surface area contributed by atoms with Crippen molar-refractivity contribution >= 4 is 17.7 Å². The lowest BCUT2D eigenvalue weighted by Gasteiger charge is -2.07. The number of hydrogen-bond donors (Lipinski definition) is 2. The van der Waals surface area contributed by atoms with Crippen LogP contribution in [0.15, 0.2) is 24.3 Å². The highest BCUT2D eigenvalue weighted by Gasteiger charge is 2.13. The first-order valence-electron chi connectivity index (χ1n) is 8.13. The number of aryl methyl sites for hydroxylation is 3. The number of benzene rings is 1. The van der Waals surface area contributed by atoms with E-state index in [2.05, 4.69) is 42.5 Å². The molecule has 0 aliphatic carbocycles. The molecule has 1 amide bonds. The van der Waals surface area contributed by atoms with Crippen molar-refractivity contribution in [3.63, 3.8) is 0 Å². The van der Waals surface area contributed by atoms with Crippen LogP contribution in [0.4, 0.5) is 0 Å². The number of carbonyl (C=O) groups excluding carboxylic acids is 1. The van der Waals surface area contributed by atoms with E-state index in [1.54, 1.807) is 11.8 Å². The summed E-state index contributed by atoms with van der Waals surface area (Å²) in [7, 11) is 0. The molecule has 1 heterocycles. The van der Waals surface area contributed by atoms with Crippen LogP contribution < -0.4 is 5.32 Å². The summed E-state index contributed by atoms with van der Waals surface area (Å²) in [5.41, 5.74) is 4.69. The molecule has 2 N–H and O–H groups in total. The van der Waals surface area contributed by atoms with E-state index in [-0.39, 0.29) is 12.5 Å². The molecule has 0 unspecified atom stereocenters. The summed E-state index contributed by atoms with van der Waals surface area (Å²) in [6, 6.07) is 8.05. The van der Waals surface area contributed by atoms with E-state index in [4.69, 9.17) is 5.11 Å². The van der Waals surface area contributed by atoms with Crippen LogP contribution in [0.3, 0.4) is 0 Å². The summed E-state index contributed by atoms with van der Waals surface area (Å²) in [4.78, 5) is 12.2. The summed E-state index contributed by atoms with van der Waals surface area (Å²) >= 11 is 1.72. The average molecular weight is 347 g/mol. The standard InChI is InChI=1S/C18H25N3O2S/c1-13-9-14(2)11-16(10-13)21-15(3)12-17(20-21)18(23)19-5-8-24-7-4-6-22/h9-12,22H,4-8H2,1-3H3,(H,19,23). The third-order valence-corrected chi connectivity index (χ3v) is 4.62. The fourth-order valence-corrected chi connectivity index (χ4v) is 3.30. The average Bonchev–Trinajstić information content (AvgIpc) is 2.91. The second-order valence-electron chi connectivity index (χ2n) is 5.87. The monoisotopic (exact) mass is 347 g/mol. The molecule has 0 fully saturated rings. The molecule has 0 atom stereocenters. The number of rotatable bonds is 8. The summed E-state index contributed by atoms with van der Waals surface area (Å²) < 4.78 is 1.81. The molecule has 5 nitrogen and oxygen atoms in total. The van der Waals surface area contributed by atoms with Gasteiger partial charge in [0.1, 0.15) is 0 Å². The van der Waals surface area contributed by atoms with Gasteiger partial charge in [0, 0.05) is 24.6 Å². The van der Waals surface area contributed by atoms with Gasteiger partial charge in [0.25, 0.3) is 5.91 Å². The molecule has 0 saturated carbocycles. The first-order chi connectivity index (χ1) is 11.5. The lowest BCUT2D eigenvalue weighted by Crippen LogP contribution is -2.26. The zero-order valence-corrected chi connectivity index (χ0v) is 15.3. The predicted octanol–water partition coefficient (Wildman–Crippen LogP) is 2.64. The second kappa shape index (κ2) is 8.89. The van der Waals surface area contributed by atoms with Gasteiger partial charge in [-0.3, -0.25) is 4.79 Å². The van der Waals surface area contributed by atoms with Crippen LogP contribution in [0.2, 0.25) is 0 Å². The first-order valence-corrected chi connectivity index (χ1v) is 9.29. The Kier molecular flexibility index (Phi) is 6.87. The maximum atomic E-state index is 12.2. The van der Waals surface area contributed by atoms with Gasteiger partial charge in [-0.1, -0.05) is 6.07 Å². The SMILES string of the molecule is Cc1cc(C)cc(-n2nc(C(=O)NCCSCCCO)cc2C)c1. The van der Waals surface area contributed by atoms with Gasteiger partial charge in [-0.25, -0.2) is 4.68 Å². The van der Waals surface area contributed by atoms with E-state index < -0.39 is 0 Å². The highest BCUT2D eigenvalue weighted by atomic mass is 32.2. The quantitative estimate of drug-likeness (QED) is 0.721. The minimum atomic E-state index is -0.149. The van der Waals surface area contributed by atoms with Crippen LogP contribution in [0.1, 0.15) is 33.7 Å². The van der Waals surface area contributed by atoms with Gasteiger partial charge in [-0.15, -0.1) is 0 Å². The minimum absolute atomic E-state index is 0.149. The van der Waals surface area contributed by atoms with Crippen molar-refractivity contribution in [2.24, 2.45) is 0 Å². The van der Waals surface area contributed by atoms with Gasteiger partial charge in [-0.05, 0) is 62.3 Å². The highest BCUT2D eigenvalue weighted by molar-refractivity contribution is 7.99. The normalized spacial score (nSPS) is 10.8. The third-order valence-electron chi connectivity index (χ3n) is 3.55. The molecule has 0 saturated heterocycles. The third kappa shape index (κ3) is 5.11. The molecular weight excluding hydrogens is 322 g/mol. The van der Waals surface area contributed by atoms with Crippen LogP contribution in [0, 0.1) is 20.8 Å². The second-order valence-corrected chi connectivity index (χ2v) is 7.10. The molecule has 1 aromatic heterocycles. The van der Waals surface area contributed by atoms with Crippen LogP contribution in [-0.2, 0) is 0 Å². The first kappa shape index (κ1) is 18.5. The van der Waals surface area contributed by atoms with Crippen LogP contribution in [-0.4, -0.2) is 45.5 Å². The molecule has 0 radical (unpaired) electrons. The van der Waals surface area contributed by atoms with Crippen molar-refractivity contribution in [3.8, 4) is 5.69 Å². The number of nitrogens with zero attached hydrogens (tertiary/aromatic N) is 2. The van der Waals surface area contributed by atoms with Crippen molar-refractivity contribution in [3.05, 3.63) is 46.8 Å². The van der Waals surface area contributed by atoms with Crippen molar-refractivity contribution in [2.45, 2.75) is 27.2 Å². The topological polar surface area (TPSA) is 67.2 Å². The number of aliphatic hydroxyl groups excluding tert-OH is 1. The Hall–Kier alpha value is -1.79. The maximum absolute atomic E-state index is 12.2. The smallest absolute Gasteiger partial charge is 0.271 e. The molecular formula is C18H25N3O2S. The molecule has 0 spiro atoms. The van der Waals surface area contributed by atoms with E-state index in [9.17, 15) is 4.79 Å². The van der Waals surface area contributed by atoms with Gasteiger partial charge in [-0.2, -0.15) is 16.9 Å². The maximum Gasteiger partial charge on any atom is 0.271 e. The molecule has 2 rings (SSSR count). The number of thioether (sulfide) groups is 1. The van der Waals surface area contributed by atoms with E-state index in [1.165, 1.54) is 11.1 Å². The Morgan fingerprint density at radius 3 is 2.54 bits per heavy atom. The summed E-state index contributed by atoms with van der Waals surface area (Å²) in [5.74, 6) is 1.60. The lowest BCUT2D eigenvalue weighted by atomic mass is 10.1. The van der Waals surface area contributed by atoms with Crippen molar-refractivity contribution in [1.29, 1.82) is 0 Å². The molecule has 0 bridgehead atoms. The molecule has 0 aliphatic heterocycles. The molecule has 24 heavy (non-hydrogen) atoms. The number of aliphatic hydroxyl groups is 1. The Morgan fingerprint density at radius 2 is 1.88 bits per heavy atom. The van der Waals surface area contributed by atoms with E-state index >= 15 is 0 Å². The van der Waals surface area contributed by atoms with Crippen LogP contribution in [0.25, 0.3) is 5.69 Å². The van der Waals surface area contributed by atoms with Crippen molar-refractivity contribution in [2.75, 3.05) is 24.7 Å². The fourth-order valence-electron chi connectivity index (χ4n) is 2.52. The number of aromatic nitrogens is 2. The summed E-state index contributed by atoms with van der Waals surface area (Å²) in [6.45, 7) is 6.87. The lowest BCUT2D eigenvalue weighted by molar-refractivity contribution is 0.0951. The van der Waals surface area contributed by atoms with Gasteiger partial charge in [0.05, 0.1) is 5.69 Å². The predicted molar refractivity (Wildman–Crippen MR) is 99.1 cm³/mol. The zero-order chi connectivity index (χ0) is 17.5. The van der Waals surface area contributed by atoms with Crippen molar-refractivity contribution < 1.29 is 9.90 Å². The van der Waals surface area contributed by atoms with Crippen molar-refractivity contribution in [1.82, 2.24) is 15.1 Å². The molecule has 1 aromatic carbocycles. The van der Waals surface area contributed by atoms with E-state index in [0.29, 0.717) is 12.2 Å². The summed E-state index contributed by atoms with van der Waals surface area (Å²) in [6.07, 6.45) is 0.790. The molecule has 6 heteroatoms. The summed E-state index contributed by atoms with van der Waals surface area (Å²) in [5, 5.41) is 16.1. The number of nitrogens with one attached hydrogen (secondary N) is 1. The molecule has 130 valence electrons. The Bertz CT molecular complexity index is 677. The molecule has 2 aromatic rings. The Morgan fingerprint density at radius 1 is 1.17 bits per heavy atom. The van der Waals surface area contributed by atoms with Crippen LogP contribution in [0.5, 0.6) is 0 Å². The zero-order valence-electron chi connectivity index (χ0n) is 14.5. The van der Waals surface area contributed by atoms with Gasteiger partial charge >= 0.3 is 0 Å². The number of amides is 1. The largest absolute Gasteiger partial charge is 0.396 e. The Labute approximate surface area is 147 Å². The highest BCUT2D eigenvalue weighted by Crippen LogP contribution is 2.16. The minimum Gasteiger partial charge on any atom is -0.396 e. The number of carbonyl (C=O) groups is 1. The number of hydrogen-bond acceptors (Lipinski definition) is 4. The van der Waals surface area contributed by atoms with E-state index in [1.807, 2.05) is 17.7 Å². The van der Waals surface area contributed by atoms with Gasteiger partial charge in [0.2, 0.25) is 0 Å². The van der Waals surface area contributed by atoms with Gasteiger partial charge < -0.3 is 10.4 Å². The van der Waals surface area contributed by atoms with Gasteiger partial charge in [0.15, 0.2) is 5.69 Å². The van der Waals surface area contributed by atoms with E-state index in [0.717, 1.165) is 29.3 Å². The van der Waals surface area contributed by atoms with Crippen LogP contribution >= 0.6 is 11.8 Å². The molecule has 0 aliphatic rings. The fraction of sp³-hybridized carbons (Fsp3) is 0.444. The Balaban J connectivity index is 1.99.